The molecule has 1 aromatic carbocycles. The molecule has 1 saturated carbocycles. The third kappa shape index (κ3) is 3.89. The Morgan fingerprint density at radius 3 is 2.71 bits per heavy atom. The van der Waals surface area contributed by atoms with Crippen molar-refractivity contribution in [3.05, 3.63) is 54.4 Å². The van der Waals surface area contributed by atoms with Gasteiger partial charge in [0.15, 0.2) is 0 Å². The summed E-state index contributed by atoms with van der Waals surface area (Å²) in [6.45, 7) is 2.34. The van der Waals surface area contributed by atoms with Crippen LogP contribution in [0.1, 0.15) is 24.5 Å². The van der Waals surface area contributed by atoms with Gasteiger partial charge < -0.3 is 9.67 Å². The maximum absolute atomic E-state index is 12.9. The topological polar surface area (TPSA) is 41.3 Å². The molecule has 4 nitrogen and oxygen atoms in total. The lowest BCUT2D eigenvalue weighted by molar-refractivity contribution is 0.106. The van der Waals surface area contributed by atoms with Crippen molar-refractivity contribution < 1.29 is 9.50 Å². The molecule has 0 spiro atoms. The van der Waals surface area contributed by atoms with Crippen LogP contribution in [0.5, 0.6) is 0 Å². The van der Waals surface area contributed by atoms with Gasteiger partial charge in [-0.3, -0.25) is 4.90 Å². The van der Waals surface area contributed by atoms with E-state index < -0.39 is 6.10 Å². The van der Waals surface area contributed by atoms with Gasteiger partial charge >= 0.3 is 0 Å². The van der Waals surface area contributed by atoms with E-state index >= 15 is 0 Å². The van der Waals surface area contributed by atoms with Crippen molar-refractivity contribution in [2.75, 3.05) is 13.1 Å². The summed E-state index contributed by atoms with van der Waals surface area (Å²) in [6.07, 6.45) is 7.34. The van der Waals surface area contributed by atoms with Crippen molar-refractivity contribution in [3.63, 3.8) is 0 Å². The fraction of sp³-hybridized carbons (Fsp3) is 0.438. The molecule has 0 amide bonds. The van der Waals surface area contributed by atoms with Crippen molar-refractivity contribution in [3.8, 4) is 0 Å². The molecule has 1 unspecified atom stereocenters. The number of aromatic nitrogens is 2. The molecule has 5 heteroatoms. The second kappa shape index (κ2) is 6.37. The van der Waals surface area contributed by atoms with Gasteiger partial charge in [0.2, 0.25) is 0 Å². The molecule has 3 rings (SSSR count). The van der Waals surface area contributed by atoms with E-state index in [4.69, 9.17) is 0 Å². The van der Waals surface area contributed by atoms with Gasteiger partial charge in [0.05, 0.1) is 12.4 Å². The van der Waals surface area contributed by atoms with Crippen molar-refractivity contribution >= 4 is 0 Å². The normalized spacial score (nSPS) is 16.3. The maximum Gasteiger partial charge on any atom is 0.123 e. The fourth-order valence-electron chi connectivity index (χ4n) is 2.54. The Morgan fingerprint density at radius 2 is 2.10 bits per heavy atom. The summed E-state index contributed by atoms with van der Waals surface area (Å²) in [4.78, 5) is 6.35. The average molecular weight is 289 g/mol. The Hall–Kier alpha value is -1.72. The van der Waals surface area contributed by atoms with E-state index in [9.17, 15) is 9.50 Å². The van der Waals surface area contributed by atoms with Crippen LogP contribution in [0.4, 0.5) is 4.39 Å². The highest BCUT2D eigenvalue weighted by Gasteiger charge is 2.30. The van der Waals surface area contributed by atoms with Crippen molar-refractivity contribution in [2.24, 2.45) is 0 Å². The van der Waals surface area contributed by atoms with E-state index in [2.05, 4.69) is 9.88 Å². The van der Waals surface area contributed by atoms with Crippen LogP contribution in [-0.2, 0) is 6.54 Å². The minimum absolute atomic E-state index is 0.273. The van der Waals surface area contributed by atoms with Crippen LogP contribution in [-0.4, -0.2) is 38.7 Å². The summed E-state index contributed by atoms with van der Waals surface area (Å²) in [5, 5.41) is 10.3. The molecule has 1 aliphatic carbocycles. The Balaban J connectivity index is 1.58. The number of aliphatic hydroxyl groups is 1. The average Bonchev–Trinajstić information content (AvgIpc) is 3.20. The zero-order valence-electron chi connectivity index (χ0n) is 11.9. The Bertz CT molecular complexity index is 551. The number of halogens is 1. The number of imidazole rings is 1. The van der Waals surface area contributed by atoms with E-state index in [1.54, 1.807) is 18.3 Å². The molecule has 112 valence electrons. The molecule has 1 N–H and O–H groups in total. The third-order valence-corrected chi connectivity index (χ3v) is 3.93. The Labute approximate surface area is 123 Å². The molecule has 0 bridgehead atoms. The highest BCUT2D eigenvalue weighted by atomic mass is 19.1. The SMILES string of the molecule is OC(CN(CCn1ccnc1)C1CC1)c1ccc(F)cc1. The van der Waals surface area contributed by atoms with Crippen molar-refractivity contribution in [2.45, 2.75) is 31.5 Å². The van der Waals surface area contributed by atoms with Crippen LogP contribution < -0.4 is 0 Å². The van der Waals surface area contributed by atoms with E-state index in [0.717, 1.165) is 18.7 Å². The van der Waals surface area contributed by atoms with Crippen LogP contribution in [0.15, 0.2) is 43.0 Å². The lowest BCUT2D eigenvalue weighted by Gasteiger charge is -2.25. The lowest BCUT2D eigenvalue weighted by Crippen LogP contribution is -2.33. The number of hydrogen-bond donors (Lipinski definition) is 1. The molecular formula is C16H20FN3O. The summed E-state index contributed by atoms with van der Waals surface area (Å²) in [6, 6.07) is 6.67. The summed E-state index contributed by atoms with van der Waals surface area (Å²) in [5.41, 5.74) is 0.768. The van der Waals surface area contributed by atoms with Gasteiger partial charge in [-0.2, -0.15) is 0 Å². The number of benzene rings is 1. The third-order valence-electron chi connectivity index (χ3n) is 3.93. The minimum atomic E-state index is -0.575. The zero-order valence-corrected chi connectivity index (χ0v) is 11.9. The van der Waals surface area contributed by atoms with E-state index in [1.807, 2.05) is 17.1 Å². The van der Waals surface area contributed by atoms with Crippen LogP contribution in [0.3, 0.4) is 0 Å². The first kappa shape index (κ1) is 14.2. The monoisotopic (exact) mass is 289 g/mol. The Kier molecular flexibility index (Phi) is 4.31. The van der Waals surface area contributed by atoms with E-state index in [0.29, 0.717) is 12.6 Å². The molecule has 0 saturated heterocycles. The van der Waals surface area contributed by atoms with Gasteiger partial charge in [0.1, 0.15) is 5.82 Å². The Morgan fingerprint density at radius 1 is 1.33 bits per heavy atom. The molecule has 1 atom stereocenters. The van der Waals surface area contributed by atoms with Crippen molar-refractivity contribution in [1.29, 1.82) is 0 Å². The van der Waals surface area contributed by atoms with Gasteiger partial charge in [-0.1, -0.05) is 12.1 Å². The first-order valence-electron chi connectivity index (χ1n) is 7.35. The first-order chi connectivity index (χ1) is 10.2. The van der Waals surface area contributed by atoms with Gasteiger partial charge in [0.25, 0.3) is 0 Å². The summed E-state index contributed by atoms with van der Waals surface area (Å²) in [7, 11) is 0. The van der Waals surface area contributed by atoms with Crippen LogP contribution in [0.25, 0.3) is 0 Å². The molecule has 2 aromatic rings. The maximum atomic E-state index is 12.9. The smallest absolute Gasteiger partial charge is 0.123 e. The predicted molar refractivity (Wildman–Crippen MR) is 78.2 cm³/mol. The molecule has 1 aliphatic rings. The second-order valence-electron chi connectivity index (χ2n) is 5.59. The number of aliphatic hydroxyl groups excluding tert-OH is 1. The molecule has 0 aliphatic heterocycles. The van der Waals surface area contributed by atoms with Gasteiger partial charge in [-0.05, 0) is 30.5 Å². The second-order valence-corrected chi connectivity index (χ2v) is 5.59. The molecule has 1 fully saturated rings. The molecule has 1 aromatic heterocycles. The summed E-state index contributed by atoms with van der Waals surface area (Å²) in [5.74, 6) is -0.273. The van der Waals surface area contributed by atoms with Crippen LogP contribution >= 0.6 is 0 Å². The number of nitrogens with zero attached hydrogens (tertiary/aromatic N) is 3. The largest absolute Gasteiger partial charge is 0.387 e. The highest BCUT2D eigenvalue weighted by molar-refractivity contribution is 5.18. The summed E-state index contributed by atoms with van der Waals surface area (Å²) < 4.78 is 15.0. The molecular weight excluding hydrogens is 269 g/mol. The molecule has 1 heterocycles. The number of rotatable bonds is 7. The zero-order chi connectivity index (χ0) is 14.7. The van der Waals surface area contributed by atoms with E-state index in [1.165, 1.54) is 25.0 Å². The summed E-state index contributed by atoms with van der Waals surface area (Å²) >= 11 is 0. The van der Waals surface area contributed by atoms with Gasteiger partial charge in [-0.25, -0.2) is 9.37 Å². The quantitative estimate of drug-likeness (QED) is 0.850. The minimum Gasteiger partial charge on any atom is -0.387 e. The highest BCUT2D eigenvalue weighted by Crippen LogP contribution is 2.28. The van der Waals surface area contributed by atoms with Crippen molar-refractivity contribution in [1.82, 2.24) is 14.5 Å². The van der Waals surface area contributed by atoms with Gasteiger partial charge in [0, 0.05) is 38.1 Å². The predicted octanol–water partition coefficient (Wildman–Crippen LogP) is 2.22. The molecule has 0 radical (unpaired) electrons. The fourth-order valence-corrected chi connectivity index (χ4v) is 2.54. The van der Waals surface area contributed by atoms with Crippen LogP contribution in [0, 0.1) is 5.82 Å². The van der Waals surface area contributed by atoms with E-state index in [-0.39, 0.29) is 5.82 Å². The lowest BCUT2D eigenvalue weighted by atomic mass is 10.1. The van der Waals surface area contributed by atoms with Crippen LogP contribution in [0.2, 0.25) is 0 Å². The standard InChI is InChI=1S/C16H20FN3O/c17-14-3-1-13(2-4-14)16(21)11-20(15-5-6-15)10-9-19-8-7-18-12-19/h1-4,7-8,12,15-16,21H,5-6,9-11H2. The number of hydrogen-bond acceptors (Lipinski definition) is 3. The first-order valence-corrected chi connectivity index (χ1v) is 7.35. The van der Waals surface area contributed by atoms with Gasteiger partial charge in [-0.15, -0.1) is 0 Å². The molecule has 21 heavy (non-hydrogen) atoms.